The zero-order valence-electron chi connectivity index (χ0n) is 13.9. The van der Waals surface area contributed by atoms with E-state index in [2.05, 4.69) is 55.2 Å². The van der Waals surface area contributed by atoms with Gasteiger partial charge in [-0.3, -0.25) is 5.10 Å². The van der Waals surface area contributed by atoms with Gasteiger partial charge in [0, 0.05) is 5.56 Å². The first-order chi connectivity index (χ1) is 10.4. The minimum absolute atomic E-state index is 0.452. The van der Waals surface area contributed by atoms with Crippen LogP contribution in [-0.4, -0.2) is 10.2 Å². The molecule has 3 N–H and O–H groups in total. The second kappa shape index (κ2) is 5.79. The predicted molar refractivity (Wildman–Crippen MR) is 92.6 cm³/mol. The van der Waals surface area contributed by atoms with Crippen LogP contribution in [0.5, 0.6) is 0 Å². The van der Waals surface area contributed by atoms with Crippen LogP contribution in [0.1, 0.15) is 57.9 Å². The SMILES string of the molecule is CC(C)(C)C1CCC(c2ccc(-c3cn[nH]c3N)cc2)CC1. The summed E-state index contributed by atoms with van der Waals surface area (Å²) in [5.74, 6) is 2.22. The standard InChI is InChI=1S/C19H27N3/c1-19(2,3)16-10-8-14(9-11-16)13-4-6-15(7-5-13)17-12-21-22-18(17)20/h4-7,12,14,16H,8-11H2,1-3H3,(H3,20,21,22). The van der Waals surface area contributed by atoms with Gasteiger partial charge in [0.1, 0.15) is 5.82 Å². The first-order valence-corrected chi connectivity index (χ1v) is 8.34. The summed E-state index contributed by atoms with van der Waals surface area (Å²) in [5.41, 5.74) is 9.94. The molecule has 118 valence electrons. The molecule has 0 saturated heterocycles. The van der Waals surface area contributed by atoms with E-state index in [9.17, 15) is 0 Å². The van der Waals surface area contributed by atoms with Crippen molar-refractivity contribution in [2.45, 2.75) is 52.4 Å². The van der Waals surface area contributed by atoms with Gasteiger partial charge in [0.05, 0.1) is 6.20 Å². The van der Waals surface area contributed by atoms with Crippen molar-refractivity contribution in [1.82, 2.24) is 10.2 Å². The highest BCUT2D eigenvalue weighted by Gasteiger charge is 2.30. The Bertz CT molecular complexity index is 611. The van der Waals surface area contributed by atoms with Crippen LogP contribution in [0, 0.1) is 11.3 Å². The van der Waals surface area contributed by atoms with Crippen LogP contribution in [0.25, 0.3) is 11.1 Å². The Labute approximate surface area is 133 Å². The summed E-state index contributed by atoms with van der Waals surface area (Å²) in [7, 11) is 0. The molecule has 0 amide bonds. The second-order valence-corrected chi connectivity index (χ2v) is 7.73. The van der Waals surface area contributed by atoms with E-state index in [1.165, 1.54) is 31.2 Å². The van der Waals surface area contributed by atoms with Crippen LogP contribution < -0.4 is 5.73 Å². The van der Waals surface area contributed by atoms with Crippen LogP contribution in [0.15, 0.2) is 30.5 Å². The van der Waals surface area contributed by atoms with E-state index >= 15 is 0 Å². The molecular formula is C19H27N3. The van der Waals surface area contributed by atoms with Crippen LogP contribution in [0.4, 0.5) is 5.82 Å². The van der Waals surface area contributed by atoms with Gasteiger partial charge in [-0.05, 0) is 54.1 Å². The van der Waals surface area contributed by atoms with Crippen molar-refractivity contribution >= 4 is 5.82 Å². The fourth-order valence-corrected chi connectivity index (χ4v) is 3.75. The van der Waals surface area contributed by atoms with Crippen molar-refractivity contribution in [2.24, 2.45) is 11.3 Å². The number of nitrogens with one attached hydrogen (secondary N) is 1. The number of nitrogens with zero attached hydrogens (tertiary/aromatic N) is 1. The Morgan fingerprint density at radius 3 is 2.18 bits per heavy atom. The number of benzene rings is 1. The maximum absolute atomic E-state index is 5.89. The lowest BCUT2D eigenvalue weighted by Gasteiger charge is -2.37. The molecule has 1 fully saturated rings. The van der Waals surface area contributed by atoms with Crippen LogP contribution in [0.2, 0.25) is 0 Å². The third kappa shape index (κ3) is 3.03. The highest BCUT2D eigenvalue weighted by molar-refractivity contribution is 5.73. The molecule has 3 nitrogen and oxygen atoms in total. The molecule has 2 aromatic rings. The second-order valence-electron chi connectivity index (χ2n) is 7.73. The number of H-pyrrole nitrogens is 1. The van der Waals surface area contributed by atoms with Gasteiger partial charge < -0.3 is 5.73 Å². The molecule has 0 aliphatic heterocycles. The molecule has 22 heavy (non-hydrogen) atoms. The van der Waals surface area contributed by atoms with E-state index in [0.717, 1.165) is 17.0 Å². The minimum Gasteiger partial charge on any atom is -0.384 e. The molecule has 3 heteroatoms. The Kier molecular flexibility index (Phi) is 3.98. The number of aromatic nitrogens is 2. The molecule has 1 aliphatic rings. The zero-order valence-corrected chi connectivity index (χ0v) is 13.9. The number of aromatic amines is 1. The maximum atomic E-state index is 5.89. The van der Waals surface area contributed by atoms with Gasteiger partial charge >= 0.3 is 0 Å². The topological polar surface area (TPSA) is 54.7 Å². The van der Waals surface area contributed by atoms with Gasteiger partial charge in [0.25, 0.3) is 0 Å². The largest absolute Gasteiger partial charge is 0.384 e. The summed E-state index contributed by atoms with van der Waals surface area (Å²) in [5, 5.41) is 6.78. The Morgan fingerprint density at radius 1 is 1.05 bits per heavy atom. The van der Waals surface area contributed by atoms with Gasteiger partial charge in [0.2, 0.25) is 0 Å². The lowest BCUT2D eigenvalue weighted by atomic mass is 9.68. The van der Waals surface area contributed by atoms with Crippen molar-refractivity contribution in [3.63, 3.8) is 0 Å². The third-order valence-electron chi connectivity index (χ3n) is 5.31. The van der Waals surface area contributed by atoms with E-state index in [4.69, 9.17) is 5.73 Å². The van der Waals surface area contributed by atoms with E-state index in [1.807, 2.05) is 0 Å². The van der Waals surface area contributed by atoms with Crippen LogP contribution >= 0.6 is 0 Å². The zero-order chi connectivity index (χ0) is 15.7. The maximum Gasteiger partial charge on any atom is 0.126 e. The summed E-state index contributed by atoms with van der Waals surface area (Å²) in [6.45, 7) is 7.13. The lowest BCUT2D eigenvalue weighted by Crippen LogP contribution is -2.25. The summed E-state index contributed by atoms with van der Waals surface area (Å²) in [6.07, 6.45) is 7.12. The van der Waals surface area contributed by atoms with Crippen molar-refractivity contribution < 1.29 is 0 Å². The van der Waals surface area contributed by atoms with E-state index in [0.29, 0.717) is 17.2 Å². The highest BCUT2D eigenvalue weighted by atomic mass is 15.1. The number of anilines is 1. The summed E-state index contributed by atoms with van der Waals surface area (Å²) >= 11 is 0. The van der Waals surface area contributed by atoms with Crippen molar-refractivity contribution in [2.75, 3.05) is 5.73 Å². The normalized spacial score (nSPS) is 22.7. The molecular weight excluding hydrogens is 270 g/mol. The van der Waals surface area contributed by atoms with Gasteiger partial charge in [-0.2, -0.15) is 5.10 Å². The number of rotatable bonds is 2. The first kappa shape index (κ1) is 15.1. The van der Waals surface area contributed by atoms with Crippen molar-refractivity contribution in [1.29, 1.82) is 0 Å². The molecule has 0 bridgehead atoms. The molecule has 1 aromatic heterocycles. The summed E-state index contributed by atoms with van der Waals surface area (Å²) < 4.78 is 0. The molecule has 0 unspecified atom stereocenters. The smallest absolute Gasteiger partial charge is 0.126 e. The molecule has 0 radical (unpaired) electrons. The lowest BCUT2D eigenvalue weighted by molar-refractivity contribution is 0.169. The molecule has 1 aliphatic carbocycles. The number of hydrogen-bond acceptors (Lipinski definition) is 2. The number of hydrogen-bond donors (Lipinski definition) is 2. The fraction of sp³-hybridized carbons (Fsp3) is 0.526. The Morgan fingerprint density at radius 2 is 1.68 bits per heavy atom. The van der Waals surface area contributed by atoms with Crippen LogP contribution in [0.3, 0.4) is 0 Å². The monoisotopic (exact) mass is 297 g/mol. The molecule has 0 atom stereocenters. The molecule has 3 rings (SSSR count). The summed E-state index contributed by atoms with van der Waals surface area (Å²) in [4.78, 5) is 0. The highest BCUT2D eigenvalue weighted by Crippen LogP contribution is 2.43. The Balaban J connectivity index is 1.69. The molecule has 1 heterocycles. The minimum atomic E-state index is 0.452. The molecule has 0 spiro atoms. The quantitative estimate of drug-likeness (QED) is 0.821. The first-order valence-electron chi connectivity index (χ1n) is 8.34. The van der Waals surface area contributed by atoms with Crippen LogP contribution in [-0.2, 0) is 0 Å². The number of nitrogens with two attached hydrogens (primary N) is 1. The number of nitrogen functional groups attached to an aromatic ring is 1. The summed E-state index contributed by atoms with van der Waals surface area (Å²) in [6, 6.07) is 8.88. The predicted octanol–water partition coefficient (Wildman–Crippen LogP) is 4.98. The van der Waals surface area contributed by atoms with Crippen molar-refractivity contribution in [3.05, 3.63) is 36.0 Å². The molecule has 1 saturated carbocycles. The average molecular weight is 297 g/mol. The van der Waals surface area contributed by atoms with E-state index in [-0.39, 0.29) is 0 Å². The van der Waals surface area contributed by atoms with Gasteiger partial charge in [-0.1, -0.05) is 45.0 Å². The van der Waals surface area contributed by atoms with E-state index in [1.54, 1.807) is 6.20 Å². The van der Waals surface area contributed by atoms with Gasteiger partial charge in [0.15, 0.2) is 0 Å². The Hall–Kier alpha value is -1.77. The van der Waals surface area contributed by atoms with Crippen molar-refractivity contribution in [3.8, 4) is 11.1 Å². The third-order valence-corrected chi connectivity index (χ3v) is 5.31. The van der Waals surface area contributed by atoms with E-state index < -0.39 is 0 Å². The van der Waals surface area contributed by atoms with Gasteiger partial charge in [-0.15, -0.1) is 0 Å². The average Bonchev–Trinajstić information content (AvgIpc) is 2.93. The fourth-order valence-electron chi connectivity index (χ4n) is 3.75. The van der Waals surface area contributed by atoms with Gasteiger partial charge in [-0.25, -0.2) is 0 Å². The molecule has 1 aromatic carbocycles.